The SMILES string of the molecule is CCSC(=O)N=C(N)c1ccc(C(N)=O)cc1. The van der Waals surface area contributed by atoms with Gasteiger partial charge in [-0.25, -0.2) is 0 Å². The summed E-state index contributed by atoms with van der Waals surface area (Å²) >= 11 is 1.08. The average molecular weight is 251 g/mol. The number of rotatable bonds is 3. The van der Waals surface area contributed by atoms with Crippen molar-refractivity contribution in [3.63, 3.8) is 0 Å². The van der Waals surface area contributed by atoms with Gasteiger partial charge in [0.25, 0.3) is 0 Å². The number of nitrogens with zero attached hydrogens (tertiary/aromatic N) is 1. The van der Waals surface area contributed by atoms with Gasteiger partial charge >= 0.3 is 5.24 Å². The summed E-state index contributed by atoms with van der Waals surface area (Å²) < 4.78 is 0. The average Bonchev–Trinajstić information content (AvgIpc) is 2.29. The quantitative estimate of drug-likeness (QED) is 0.626. The summed E-state index contributed by atoms with van der Waals surface area (Å²) in [4.78, 5) is 25.8. The molecule has 0 bridgehead atoms. The lowest BCUT2D eigenvalue weighted by Gasteiger charge is -2.01. The normalized spacial score (nSPS) is 11.2. The Bertz CT molecular complexity index is 454. The molecule has 1 aromatic rings. The van der Waals surface area contributed by atoms with E-state index in [9.17, 15) is 9.59 Å². The highest BCUT2D eigenvalue weighted by molar-refractivity contribution is 8.13. The third-order valence-corrected chi connectivity index (χ3v) is 2.57. The highest BCUT2D eigenvalue weighted by Gasteiger charge is 2.04. The molecule has 1 aromatic carbocycles. The van der Waals surface area contributed by atoms with Gasteiger partial charge in [0, 0.05) is 11.1 Å². The van der Waals surface area contributed by atoms with Gasteiger partial charge in [-0.15, -0.1) is 0 Å². The van der Waals surface area contributed by atoms with Gasteiger partial charge in [0.05, 0.1) is 0 Å². The van der Waals surface area contributed by atoms with Crippen molar-refractivity contribution >= 4 is 28.7 Å². The summed E-state index contributed by atoms with van der Waals surface area (Å²) in [5.74, 6) is 0.271. The molecule has 5 nitrogen and oxygen atoms in total. The number of hydrogen-bond acceptors (Lipinski definition) is 3. The number of amidine groups is 1. The maximum absolute atomic E-state index is 11.2. The van der Waals surface area contributed by atoms with Crippen LogP contribution in [0.1, 0.15) is 22.8 Å². The first kappa shape index (κ1) is 13.2. The van der Waals surface area contributed by atoms with Crippen LogP contribution in [0, 0.1) is 0 Å². The molecule has 0 aliphatic heterocycles. The Balaban J connectivity index is 2.86. The first-order chi connectivity index (χ1) is 8.04. The van der Waals surface area contributed by atoms with Crippen molar-refractivity contribution in [2.75, 3.05) is 5.75 Å². The van der Waals surface area contributed by atoms with Crippen LogP contribution in [0.5, 0.6) is 0 Å². The summed E-state index contributed by atoms with van der Waals surface area (Å²) in [5, 5.41) is -0.330. The summed E-state index contributed by atoms with van der Waals surface area (Å²) in [6.45, 7) is 1.86. The Labute approximate surface area is 103 Å². The number of carbonyl (C=O) groups is 2. The predicted molar refractivity (Wildman–Crippen MR) is 69.2 cm³/mol. The second kappa shape index (κ2) is 6.05. The van der Waals surface area contributed by atoms with E-state index in [1.807, 2.05) is 6.92 Å². The molecule has 2 amide bonds. The molecule has 0 fully saturated rings. The van der Waals surface area contributed by atoms with Crippen LogP contribution < -0.4 is 11.5 Å². The van der Waals surface area contributed by atoms with E-state index in [0.717, 1.165) is 11.8 Å². The lowest BCUT2D eigenvalue weighted by molar-refractivity contribution is 0.100. The van der Waals surface area contributed by atoms with Crippen LogP contribution in [0.4, 0.5) is 4.79 Å². The van der Waals surface area contributed by atoms with Gasteiger partial charge in [-0.1, -0.05) is 30.8 Å². The standard InChI is InChI=1S/C11H13N3O2S/c1-2-17-11(16)14-9(12)7-3-5-8(6-4-7)10(13)15/h3-6H,2H2,1H3,(H2,13,15)(H2,12,14,16). The number of amides is 2. The molecule has 0 heterocycles. The summed E-state index contributed by atoms with van der Waals surface area (Å²) in [6.07, 6.45) is 0. The number of benzene rings is 1. The summed E-state index contributed by atoms with van der Waals surface area (Å²) in [6, 6.07) is 6.28. The molecule has 0 unspecified atom stereocenters. The first-order valence-corrected chi connectivity index (χ1v) is 5.94. The largest absolute Gasteiger partial charge is 0.383 e. The Morgan fingerprint density at radius 1 is 1.18 bits per heavy atom. The smallest absolute Gasteiger partial charge is 0.306 e. The molecule has 90 valence electrons. The summed E-state index contributed by atoms with van der Waals surface area (Å²) in [5.41, 5.74) is 11.7. The number of carbonyl (C=O) groups excluding carboxylic acids is 2. The topological polar surface area (TPSA) is 98.5 Å². The zero-order valence-corrected chi connectivity index (χ0v) is 10.2. The van der Waals surface area contributed by atoms with Crippen molar-refractivity contribution in [2.24, 2.45) is 16.5 Å². The Morgan fingerprint density at radius 3 is 2.18 bits per heavy atom. The van der Waals surface area contributed by atoms with E-state index >= 15 is 0 Å². The molecule has 6 heteroatoms. The Morgan fingerprint density at radius 2 is 1.71 bits per heavy atom. The van der Waals surface area contributed by atoms with Crippen molar-refractivity contribution in [2.45, 2.75) is 6.92 Å². The van der Waals surface area contributed by atoms with Gasteiger partial charge in [-0.05, 0) is 17.9 Å². The minimum Gasteiger partial charge on any atom is -0.383 e. The lowest BCUT2D eigenvalue weighted by Crippen LogP contribution is -2.16. The summed E-state index contributed by atoms with van der Waals surface area (Å²) in [7, 11) is 0. The van der Waals surface area contributed by atoms with Crippen molar-refractivity contribution in [3.8, 4) is 0 Å². The van der Waals surface area contributed by atoms with Crippen LogP contribution in [0.25, 0.3) is 0 Å². The molecule has 17 heavy (non-hydrogen) atoms. The second-order valence-electron chi connectivity index (χ2n) is 3.14. The zero-order chi connectivity index (χ0) is 12.8. The molecular weight excluding hydrogens is 238 g/mol. The van der Waals surface area contributed by atoms with Crippen molar-refractivity contribution in [1.82, 2.24) is 0 Å². The van der Waals surface area contributed by atoms with Gasteiger partial charge in [-0.3, -0.25) is 9.59 Å². The van der Waals surface area contributed by atoms with Crippen LogP contribution in [-0.2, 0) is 0 Å². The van der Waals surface area contributed by atoms with E-state index in [1.165, 1.54) is 12.1 Å². The van der Waals surface area contributed by atoms with Crippen LogP contribution in [0.15, 0.2) is 29.3 Å². The first-order valence-electron chi connectivity index (χ1n) is 4.95. The molecule has 4 N–H and O–H groups in total. The third-order valence-electron chi connectivity index (χ3n) is 1.94. The monoisotopic (exact) mass is 251 g/mol. The number of thioether (sulfide) groups is 1. The van der Waals surface area contributed by atoms with Gasteiger partial charge in [0.1, 0.15) is 5.84 Å². The minimum absolute atomic E-state index is 0.131. The maximum atomic E-state index is 11.2. The van der Waals surface area contributed by atoms with Crippen LogP contribution >= 0.6 is 11.8 Å². The fourth-order valence-corrected chi connectivity index (χ4v) is 1.53. The van der Waals surface area contributed by atoms with Gasteiger partial charge < -0.3 is 11.5 Å². The number of primary amides is 1. The number of aliphatic imine (C=N–C) groups is 1. The number of hydrogen-bond donors (Lipinski definition) is 2. The molecule has 0 spiro atoms. The van der Waals surface area contributed by atoms with E-state index in [2.05, 4.69) is 4.99 Å². The van der Waals surface area contributed by atoms with E-state index < -0.39 is 5.91 Å². The van der Waals surface area contributed by atoms with Gasteiger partial charge in [0.15, 0.2) is 0 Å². The predicted octanol–water partition coefficient (Wildman–Crippen LogP) is 1.36. The molecule has 0 aliphatic carbocycles. The minimum atomic E-state index is -0.510. The van der Waals surface area contributed by atoms with Crippen LogP contribution in [0.3, 0.4) is 0 Å². The molecule has 1 rings (SSSR count). The number of nitrogens with two attached hydrogens (primary N) is 2. The maximum Gasteiger partial charge on any atom is 0.306 e. The molecular formula is C11H13N3O2S. The van der Waals surface area contributed by atoms with Crippen molar-refractivity contribution in [3.05, 3.63) is 35.4 Å². The van der Waals surface area contributed by atoms with E-state index in [0.29, 0.717) is 16.9 Å². The second-order valence-corrected chi connectivity index (χ2v) is 4.35. The van der Waals surface area contributed by atoms with Gasteiger partial charge in [0.2, 0.25) is 5.91 Å². The fourth-order valence-electron chi connectivity index (χ4n) is 1.12. The van der Waals surface area contributed by atoms with E-state index in [4.69, 9.17) is 11.5 Å². The van der Waals surface area contributed by atoms with Crippen molar-refractivity contribution in [1.29, 1.82) is 0 Å². The molecule has 0 aromatic heterocycles. The van der Waals surface area contributed by atoms with Crippen LogP contribution in [-0.4, -0.2) is 22.7 Å². The highest BCUT2D eigenvalue weighted by atomic mass is 32.2. The Hall–Kier alpha value is -1.82. The Kier molecular flexibility index (Phi) is 4.71. The molecule has 0 saturated heterocycles. The highest BCUT2D eigenvalue weighted by Crippen LogP contribution is 2.07. The lowest BCUT2D eigenvalue weighted by atomic mass is 10.1. The molecule has 0 radical (unpaired) electrons. The zero-order valence-electron chi connectivity index (χ0n) is 9.34. The molecule has 0 atom stereocenters. The third kappa shape index (κ3) is 3.92. The van der Waals surface area contributed by atoms with Gasteiger partial charge in [-0.2, -0.15) is 4.99 Å². The molecule has 0 saturated carbocycles. The molecule has 0 aliphatic rings. The fraction of sp³-hybridized carbons (Fsp3) is 0.182. The van der Waals surface area contributed by atoms with E-state index in [-0.39, 0.29) is 11.1 Å². The van der Waals surface area contributed by atoms with Crippen molar-refractivity contribution < 1.29 is 9.59 Å². The van der Waals surface area contributed by atoms with E-state index in [1.54, 1.807) is 12.1 Å². The van der Waals surface area contributed by atoms with Crippen LogP contribution in [0.2, 0.25) is 0 Å².